The number of carbonyl (C=O) groups is 2. The van der Waals surface area contributed by atoms with Crippen molar-refractivity contribution in [3.63, 3.8) is 0 Å². The molecule has 1 aromatic rings. The highest BCUT2D eigenvalue weighted by Gasteiger charge is 2.44. The average molecular weight is 386 g/mol. The first-order valence-electron chi connectivity index (χ1n) is 8.66. The van der Waals surface area contributed by atoms with Gasteiger partial charge in [0, 0.05) is 32.7 Å². The summed E-state index contributed by atoms with van der Waals surface area (Å²) in [5, 5.41) is 5.33. The number of hydrogen-bond donors (Lipinski definition) is 2. The third-order valence-corrected chi connectivity index (χ3v) is 4.57. The Kier molecular flexibility index (Phi) is 5.85. The van der Waals surface area contributed by atoms with Gasteiger partial charge in [-0.1, -0.05) is 12.1 Å². The van der Waals surface area contributed by atoms with Crippen molar-refractivity contribution in [3.05, 3.63) is 24.3 Å². The van der Waals surface area contributed by atoms with Crippen LogP contribution < -0.4 is 20.3 Å². The van der Waals surface area contributed by atoms with Crippen molar-refractivity contribution in [2.75, 3.05) is 50.8 Å². The molecule has 1 fully saturated rings. The number of rotatable bonds is 5. The number of amides is 2. The summed E-state index contributed by atoms with van der Waals surface area (Å²) in [6, 6.07) is 4.95. The molecule has 148 valence electrons. The Morgan fingerprint density at radius 2 is 1.96 bits per heavy atom. The molecule has 10 heteroatoms. The van der Waals surface area contributed by atoms with Crippen molar-refractivity contribution in [1.29, 1.82) is 0 Å². The first-order valence-corrected chi connectivity index (χ1v) is 8.66. The minimum Gasteiger partial charge on any atom is -0.482 e. The Morgan fingerprint density at radius 1 is 1.26 bits per heavy atom. The fourth-order valence-electron chi connectivity index (χ4n) is 3.18. The van der Waals surface area contributed by atoms with Crippen molar-refractivity contribution in [1.82, 2.24) is 15.5 Å². The Balaban J connectivity index is 1.62. The minimum absolute atomic E-state index is 0.212. The zero-order valence-electron chi connectivity index (χ0n) is 14.6. The number of fused-ring (bicyclic) bond motifs is 1. The van der Waals surface area contributed by atoms with Crippen molar-refractivity contribution in [3.8, 4) is 5.75 Å². The number of carbonyl (C=O) groups excluding carboxylic acids is 2. The van der Waals surface area contributed by atoms with E-state index >= 15 is 0 Å². The molecule has 2 aliphatic rings. The van der Waals surface area contributed by atoms with Crippen LogP contribution in [-0.2, 0) is 9.59 Å². The molecular weight excluding hydrogens is 365 g/mol. The summed E-state index contributed by atoms with van der Waals surface area (Å²) >= 11 is 0. The van der Waals surface area contributed by atoms with Crippen LogP contribution >= 0.6 is 0 Å². The van der Waals surface area contributed by atoms with Gasteiger partial charge in [0.15, 0.2) is 6.61 Å². The lowest BCUT2D eigenvalue weighted by molar-refractivity contribution is -0.184. The lowest BCUT2D eigenvalue weighted by Crippen LogP contribution is -2.58. The number of piperazine rings is 1. The summed E-state index contributed by atoms with van der Waals surface area (Å²) in [4.78, 5) is 26.8. The van der Waals surface area contributed by atoms with Gasteiger partial charge in [-0.15, -0.1) is 0 Å². The molecule has 1 unspecified atom stereocenters. The molecule has 2 amide bonds. The Morgan fingerprint density at radius 3 is 2.67 bits per heavy atom. The van der Waals surface area contributed by atoms with E-state index in [1.54, 1.807) is 24.3 Å². The second-order valence-electron chi connectivity index (χ2n) is 6.38. The van der Waals surface area contributed by atoms with Crippen molar-refractivity contribution in [2.45, 2.75) is 12.2 Å². The summed E-state index contributed by atoms with van der Waals surface area (Å²) in [7, 11) is 0. The van der Waals surface area contributed by atoms with E-state index < -0.39 is 30.6 Å². The molecule has 0 saturated carbocycles. The van der Waals surface area contributed by atoms with E-state index in [1.165, 1.54) is 9.80 Å². The van der Waals surface area contributed by atoms with Gasteiger partial charge >= 0.3 is 6.18 Å². The Hall–Kier alpha value is -2.33. The van der Waals surface area contributed by atoms with Gasteiger partial charge in [0.2, 0.25) is 5.91 Å². The molecule has 2 aliphatic heterocycles. The second kappa shape index (κ2) is 8.13. The van der Waals surface area contributed by atoms with E-state index in [2.05, 4.69) is 10.6 Å². The van der Waals surface area contributed by atoms with E-state index in [9.17, 15) is 22.8 Å². The lowest BCUT2D eigenvalue weighted by atomic mass is 10.2. The number of benzene rings is 1. The number of ether oxygens (including phenoxy) is 1. The van der Waals surface area contributed by atoms with Crippen LogP contribution in [0, 0.1) is 0 Å². The number of hydrogen-bond acceptors (Lipinski definition) is 5. The van der Waals surface area contributed by atoms with Crippen LogP contribution in [0.4, 0.5) is 18.9 Å². The maximum absolute atomic E-state index is 13.4. The van der Waals surface area contributed by atoms with Crippen molar-refractivity contribution < 1.29 is 27.5 Å². The zero-order valence-corrected chi connectivity index (χ0v) is 14.6. The number of alkyl halides is 3. The first-order chi connectivity index (χ1) is 12.9. The summed E-state index contributed by atoms with van der Waals surface area (Å²) in [5.41, 5.74) is 0.429. The van der Waals surface area contributed by atoms with E-state index in [-0.39, 0.29) is 26.2 Å². The third-order valence-electron chi connectivity index (χ3n) is 4.57. The van der Waals surface area contributed by atoms with Crippen molar-refractivity contribution in [2.24, 2.45) is 0 Å². The second-order valence-corrected chi connectivity index (χ2v) is 6.38. The Bertz CT molecular complexity index is 692. The molecule has 0 aliphatic carbocycles. The quantitative estimate of drug-likeness (QED) is 0.765. The van der Waals surface area contributed by atoms with Crippen LogP contribution in [0.15, 0.2) is 24.3 Å². The molecule has 27 heavy (non-hydrogen) atoms. The smallest absolute Gasteiger partial charge is 0.405 e. The number of nitrogens with zero attached hydrogens (tertiary/aromatic N) is 2. The summed E-state index contributed by atoms with van der Waals surface area (Å²) < 4.78 is 45.4. The molecule has 1 atom stereocenters. The van der Waals surface area contributed by atoms with E-state index in [4.69, 9.17) is 4.74 Å². The summed E-state index contributed by atoms with van der Waals surface area (Å²) in [5.74, 6) is -0.610. The van der Waals surface area contributed by atoms with E-state index in [0.717, 1.165) is 0 Å². The first kappa shape index (κ1) is 19.4. The van der Waals surface area contributed by atoms with Crippen LogP contribution in [0.2, 0.25) is 0 Å². The molecular formula is C17H21F3N4O3. The molecule has 0 bridgehead atoms. The molecule has 2 N–H and O–H groups in total. The largest absolute Gasteiger partial charge is 0.482 e. The van der Waals surface area contributed by atoms with Gasteiger partial charge < -0.3 is 15.4 Å². The highest BCUT2D eigenvalue weighted by atomic mass is 19.4. The molecule has 7 nitrogen and oxygen atoms in total. The number of para-hydroxylation sites is 2. The van der Waals surface area contributed by atoms with Crippen LogP contribution in [-0.4, -0.2) is 74.8 Å². The predicted octanol–water partition coefficient (Wildman–Crippen LogP) is 0.364. The topological polar surface area (TPSA) is 73.9 Å². The minimum atomic E-state index is -4.45. The molecule has 3 rings (SSSR count). The van der Waals surface area contributed by atoms with Gasteiger partial charge in [-0.2, -0.15) is 13.2 Å². The average Bonchev–Trinajstić information content (AvgIpc) is 2.64. The molecule has 0 radical (unpaired) electrons. The fraction of sp³-hybridized carbons (Fsp3) is 0.529. The normalized spacial score (nSPS) is 19.2. The maximum Gasteiger partial charge on any atom is 0.405 e. The van der Waals surface area contributed by atoms with Crippen LogP contribution in [0.25, 0.3) is 0 Å². The monoisotopic (exact) mass is 386 g/mol. The fourth-order valence-corrected chi connectivity index (χ4v) is 3.18. The maximum atomic E-state index is 13.4. The highest BCUT2D eigenvalue weighted by Crippen LogP contribution is 2.31. The van der Waals surface area contributed by atoms with Crippen LogP contribution in [0.3, 0.4) is 0 Å². The highest BCUT2D eigenvalue weighted by molar-refractivity contribution is 6.02. The molecule has 1 aromatic carbocycles. The van der Waals surface area contributed by atoms with E-state index in [0.29, 0.717) is 24.5 Å². The van der Waals surface area contributed by atoms with Gasteiger partial charge in [-0.05, 0) is 12.1 Å². The zero-order chi connectivity index (χ0) is 19.4. The summed E-state index contributed by atoms with van der Waals surface area (Å²) in [6.45, 7) is 0.341. The number of halogens is 3. The lowest BCUT2D eigenvalue weighted by Gasteiger charge is -2.36. The Labute approximate surface area is 154 Å². The van der Waals surface area contributed by atoms with Gasteiger partial charge in [-0.3, -0.25) is 19.4 Å². The summed E-state index contributed by atoms with van der Waals surface area (Å²) in [6.07, 6.45) is -4.45. The van der Waals surface area contributed by atoms with Gasteiger partial charge in [-0.25, -0.2) is 0 Å². The molecule has 0 spiro atoms. The molecule has 1 saturated heterocycles. The predicted molar refractivity (Wildman–Crippen MR) is 91.6 cm³/mol. The van der Waals surface area contributed by atoms with E-state index in [1.807, 2.05) is 0 Å². The molecule has 2 heterocycles. The standard InChI is InChI=1S/C17H21F3N4O3/c18-17(19,20)14(23-7-5-21-6-8-23)9-22-15(25)10-24-12-3-1-2-4-13(12)27-11-16(24)26/h1-4,14,21H,5-11H2,(H,22,25). The molecule has 0 aromatic heterocycles. The van der Waals surface area contributed by atoms with Gasteiger partial charge in [0.1, 0.15) is 18.3 Å². The number of anilines is 1. The third kappa shape index (κ3) is 4.69. The van der Waals surface area contributed by atoms with Crippen LogP contribution in [0.5, 0.6) is 5.75 Å². The van der Waals surface area contributed by atoms with Gasteiger partial charge in [0.25, 0.3) is 5.91 Å². The van der Waals surface area contributed by atoms with Crippen LogP contribution in [0.1, 0.15) is 0 Å². The number of nitrogens with one attached hydrogen (secondary N) is 2. The SMILES string of the molecule is O=C(CN1C(=O)COc2ccccc21)NCC(N1CCNCC1)C(F)(F)F. The van der Waals surface area contributed by atoms with Gasteiger partial charge in [0.05, 0.1) is 5.69 Å². The van der Waals surface area contributed by atoms with Crippen molar-refractivity contribution >= 4 is 17.5 Å².